The Hall–Kier alpha value is -1.72. The predicted molar refractivity (Wildman–Crippen MR) is 49.1 cm³/mol. The smallest absolute Gasteiger partial charge is 0.338 e. The van der Waals surface area contributed by atoms with Gasteiger partial charge in [0, 0.05) is 0 Å². The Morgan fingerprint density at radius 1 is 1.38 bits per heavy atom. The Balaban J connectivity index is 3.28. The second-order valence-electron chi connectivity index (χ2n) is 3.02. The molecule has 1 N–H and O–H groups in total. The minimum absolute atomic E-state index is 0.0314. The molecule has 6 heteroatoms. The summed E-state index contributed by atoms with van der Waals surface area (Å²) in [6.07, 6.45) is 0.456. The van der Waals surface area contributed by atoms with Gasteiger partial charge in [-0.05, 0) is 12.5 Å². The first-order chi connectivity index (χ1) is 7.49. The Morgan fingerprint density at radius 3 is 2.50 bits per heavy atom. The number of hydrogen-bond donors (Lipinski definition) is 1. The van der Waals surface area contributed by atoms with Crippen molar-refractivity contribution in [3.05, 3.63) is 29.1 Å². The van der Waals surface area contributed by atoms with E-state index in [1.807, 2.05) is 0 Å². The van der Waals surface area contributed by atoms with Crippen molar-refractivity contribution in [1.29, 1.82) is 0 Å². The van der Waals surface area contributed by atoms with E-state index < -0.39 is 34.7 Å². The molecule has 0 amide bonds. The van der Waals surface area contributed by atoms with Gasteiger partial charge in [-0.3, -0.25) is 0 Å². The standard InChI is InChI=1S/C10H9F3O3/c1-2-3-16-9-7(12)5(10(14)15)4-6(11)8(9)13/h4H,2-3H2,1H3,(H,14,15). The van der Waals surface area contributed by atoms with Crippen molar-refractivity contribution >= 4 is 5.97 Å². The fraction of sp³-hybridized carbons (Fsp3) is 0.300. The number of rotatable bonds is 4. The lowest BCUT2D eigenvalue weighted by Gasteiger charge is -2.09. The van der Waals surface area contributed by atoms with Crippen molar-refractivity contribution in [3.8, 4) is 5.75 Å². The molecule has 0 aliphatic rings. The minimum atomic E-state index is -1.68. The van der Waals surface area contributed by atoms with Gasteiger partial charge in [0.1, 0.15) is 5.56 Å². The van der Waals surface area contributed by atoms with Crippen LogP contribution < -0.4 is 4.74 Å². The predicted octanol–water partition coefficient (Wildman–Crippen LogP) is 2.59. The zero-order chi connectivity index (χ0) is 12.3. The van der Waals surface area contributed by atoms with Crippen LogP contribution in [0.4, 0.5) is 13.2 Å². The second-order valence-corrected chi connectivity index (χ2v) is 3.02. The summed E-state index contributed by atoms with van der Waals surface area (Å²) in [5, 5.41) is 8.55. The summed E-state index contributed by atoms with van der Waals surface area (Å²) in [5.74, 6) is -7.04. The molecule has 1 aromatic carbocycles. The van der Waals surface area contributed by atoms with Crippen molar-refractivity contribution < 1.29 is 27.8 Å². The van der Waals surface area contributed by atoms with E-state index in [0.717, 1.165) is 0 Å². The highest BCUT2D eigenvalue weighted by molar-refractivity contribution is 5.88. The van der Waals surface area contributed by atoms with Gasteiger partial charge in [0.15, 0.2) is 17.4 Å². The lowest BCUT2D eigenvalue weighted by molar-refractivity contribution is 0.0689. The molecule has 0 radical (unpaired) electrons. The van der Waals surface area contributed by atoms with Crippen molar-refractivity contribution in [3.63, 3.8) is 0 Å². The molecule has 16 heavy (non-hydrogen) atoms. The molecule has 0 atom stereocenters. The van der Waals surface area contributed by atoms with Gasteiger partial charge in [0.05, 0.1) is 6.61 Å². The monoisotopic (exact) mass is 234 g/mol. The maximum Gasteiger partial charge on any atom is 0.338 e. The molecule has 0 bridgehead atoms. The first-order valence-electron chi connectivity index (χ1n) is 4.52. The van der Waals surface area contributed by atoms with Gasteiger partial charge in [0.2, 0.25) is 5.82 Å². The highest BCUT2D eigenvalue weighted by atomic mass is 19.2. The third-order valence-electron chi connectivity index (χ3n) is 1.80. The molecule has 3 nitrogen and oxygen atoms in total. The van der Waals surface area contributed by atoms with Gasteiger partial charge in [-0.15, -0.1) is 0 Å². The van der Waals surface area contributed by atoms with Gasteiger partial charge in [-0.25, -0.2) is 13.6 Å². The normalized spacial score (nSPS) is 10.2. The van der Waals surface area contributed by atoms with Crippen LogP contribution in [0.15, 0.2) is 6.07 Å². The summed E-state index contributed by atoms with van der Waals surface area (Å²) in [4.78, 5) is 10.5. The number of carboxylic acid groups (broad SMARTS) is 1. The topological polar surface area (TPSA) is 46.5 Å². The summed E-state index contributed by atoms with van der Waals surface area (Å²) < 4.78 is 44.0. The van der Waals surface area contributed by atoms with Gasteiger partial charge in [0.25, 0.3) is 0 Å². The molecule has 0 aliphatic carbocycles. The summed E-state index contributed by atoms with van der Waals surface area (Å²) in [5.41, 5.74) is -0.954. The maximum atomic E-state index is 13.4. The molecular formula is C10H9F3O3. The third-order valence-corrected chi connectivity index (χ3v) is 1.80. The van der Waals surface area contributed by atoms with E-state index in [2.05, 4.69) is 4.74 Å². The van der Waals surface area contributed by atoms with E-state index >= 15 is 0 Å². The van der Waals surface area contributed by atoms with E-state index in [4.69, 9.17) is 5.11 Å². The quantitative estimate of drug-likeness (QED) is 0.814. The first-order valence-corrected chi connectivity index (χ1v) is 4.52. The Kier molecular flexibility index (Phi) is 3.76. The van der Waals surface area contributed by atoms with Crippen LogP contribution in [0.5, 0.6) is 5.75 Å². The number of carboxylic acids is 1. The van der Waals surface area contributed by atoms with E-state index in [9.17, 15) is 18.0 Å². The Morgan fingerprint density at radius 2 is 2.00 bits per heavy atom. The van der Waals surface area contributed by atoms with Crippen LogP contribution in [0.2, 0.25) is 0 Å². The minimum Gasteiger partial charge on any atom is -0.488 e. The molecule has 0 aliphatic heterocycles. The van der Waals surface area contributed by atoms with Crippen LogP contribution >= 0.6 is 0 Å². The molecular weight excluding hydrogens is 225 g/mol. The maximum absolute atomic E-state index is 13.4. The zero-order valence-corrected chi connectivity index (χ0v) is 8.39. The highest BCUT2D eigenvalue weighted by Gasteiger charge is 2.23. The first kappa shape index (κ1) is 12.4. The van der Waals surface area contributed by atoms with Crippen LogP contribution in [0.3, 0.4) is 0 Å². The van der Waals surface area contributed by atoms with Crippen LogP contribution in [-0.2, 0) is 0 Å². The largest absolute Gasteiger partial charge is 0.488 e. The lowest BCUT2D eigenvalue weighted by Crippen LogP contribution is -2.08. The summed E-state index contributed by atoms with van der Waals surface area (Å²) in [6, 6.07) is 0.284. The fourth-order valence-corrected chi connectivity index (χ4v) is 1.07. The summed E-state index contributed by atoms with van der Waals surface area (Å²) in [7, 11) is 0. The molecule has 0 saturated carbocycles. The second kappa shape index (κ2) is 4.87. The molecule has 0 aromatic heterocycles. The number of halogens is 3. The van der Waals surface area contributed by atoms with Gasteiger partial charge >= 0.3 is 5.97 Å². The van der Waals surface area contributed by atoms with Gasteiger partial charge in [-0.2, -0.15) is 4.39 Å². The lowest BCUT2D eigenvalue weighted by atomic mass is 10.2. The van der Waals surface area contributed by atoms with Gasteiger partial charge in [-0.1, -0.05) is 6.92 Å². The van der Waals surface area contributed by atoms with Crippen LogP contribution in [0.25, 0.3) is 0 Å². The zero-order valence-electron chi connectivity index (χ0n) is 8.39. The molecule has 0 fully saturated rings. The molecule has 1 rings (SSSR count). The average Bonchev–Trinajstić information content (AvgIpc) is 2.23. The summed E-state index contributed by atoms with van der Waals surface area (Å²) in [6.45, 7) is 1.66. The Bertz CT molecular complexity index is 418. The van der Waals surface area contributed by atoms with Crippen molar-refractivity contribution in [1.82, 2.24) is 0 Å². The number of ether oxygens (including phenoxy) is 1. The molecule has 1 aromatic rings. The Labute approximate surface area is 89.5 Å². The number of aromatic carboxylic acids is 1. The van der Waals surface area contributed by atoms with Crippen LogP contribution in [-0.4, -0.2) is 17.7 Å². The third kappa shape index (κ3) is 2.26. The molecule has 0 unspecified atom stereocenters. The van der Waals surface area contributed by atoms with E-state index in [0.29, 0.717) is 6.42 Å². The summed E-state index contributed by atoms with van der Waals surface area (Å²) >= 11 is 0. The number of carbonyl (C=O) groups is 1. The molecule has 0 spiro atoms. The SMILES string of the molecule is CCCOc1c(F)c(F)cc(C(=O)O)c1F. The molecule has 0 heterocycles. The number of hydrogen-bond acceptors (Lipinski definition) is 2. The van der Waals surface area contributed by atoms with E-state index in [-0.39, 0.29) is 12.7 Å². The molecule has 88 valence electrons. The highest BCUT2D eigenvalue weighted by Crippen LogP contribution is 2.27. The van der Waals surface area contributed by atoms with Crippen molar-refractivity contribution in [2.75, 3.05) is 6.61 Å². The van der Waals surface area contributed by atoms with Crippen molar-refractivity contribution in [2.24, 2.45) is 0 Å². The fourth-order valence-electron chi connectivity index (χ4n) is 1.07. The van der Waals surface area contributed by atoms with Crippen molar-refractivity contribution in [2.45, 2.75) is 13.3 Å². The van der Waals surface area contributed by atoms with Gasteiger partial charge < -0.3 is 9.84 Å². The molecule has 0 saturated heterocycles. The average molecular weight is 234 g/mol. The van der Waals surface area contributed by atoms with E-state index in [1.54, 1.807) is 6.92 Å². The van der Waals surface area contributed by atoms with Crippen LogP contribution in [0, 0.1) is 17.5 Å². The number of benzene rings is 1. The van der Waals surface area contributed by atoms with Crippen LogP contribution in [0.1, 0.15) is 23.7 Å². The van der Waals surface area contributed by atoms with E-state index in [1.165, 1.54) is 0 Å².